The molecule has 1 aromatic carbocycles. The Morgan fingerprint density at radius 3 is 2.24 bits per heavy atom. The smallest absolute Gasteiger partial charge is 0.383 e. The topological polar surface area (TPSA) is 78.0 Å². The van der Waals surface area contributed by atoms with Crippen LogP contribution in [0.4, 0.5) is 19.0 Å². The lowest BCUT2D eigenvalue weighted by atomic mass is 10.2. The van der Waals surface area contributed by atoms with E-state index in [2.05, 4.69) is 5.10 Å². The van der Waals surface area contributed by atoms with Crippen LogP contribution in [0.3, 0.4) is 0 Å². The molecule has 25 heavy (non-hydrogen) atoms. The van der Waals surface area contributed by atoms with Gasteiger partial charge in [-0.2, -0.15) is 18.3 Å². The second-order valence-electron chi connectivity index (χ2n) is 4.99. The summed E-state index contributed by atoms with van der Waals surface area (Å²) in [6.07, 6.45) is -3.25. The van der Waals surface area contributed by atoms with E-state index in [4.69, 9.17) is 28.9 Å². The van der Waals surface area contributed by atoms with Crippen LogP contribution >= 0.6 is 23.2 Å². The number of hydrogen-bond donors (Lipinski definition) is 1. The number of benzene rings is 1. The van der Waals surface area contributed by atoms with Crippen molar-refractivity contribution < 1.29 is 22.2 Å². The highest BCUT2D eigenvalue weighted by Gasteiger charge is 2.33. The highest BCUT2D eigenvalue weighted by Crippen LogP contribution is 2.39. The van der Waals surface area contributed by atoms with E-state index in [0.29, 0.717) is 12.1 Å². The van der Waals surface area contributed by atoms with Crippen LogP contribution in [0.1, 0.15) is 29.4 Å². The van der Waals surface area contributed by atoms with Crippen molar-refractivity contribution in [1.82, 2.24) is 9.78 Å². The van der Waals surface area contributed by atoms with Gasteiger partial charge in [0.2, 0.25) is 0 Å². The number of nitrogen functional groups attached to an aromatic ring is 1. The van der Waals surface area contributed by atoms with Gasteiger partial charge in [-0.25, -0.2) is 4.68 Å². The third-order valence-corrected chi connectivity index (χ3v) is 4.86. The van der Waals surface area contributed by atoms with Crippen LogP contribution in [0.2, 0.25) is 10.0 Å². The molecule has 1 heterocycles. The van der Waals surface area contributed by atoms with Gasteiger partial charge in [0, 0.05) is 12.7 Å². The number of nitrogens with zero attached hydrogens (tertiary/aromatic N) is 2. The largest absolute Gasteiger partial charge is 0.416 e. The maximum atomic E-state index is 12.8. The van der Waals surface area contributed by atoms with Crippen molar-refractivity contribution in [1.29, 1.82) is 0 Å². The Balaban J connectivity index is 2.76. The molecule has 2 N–H and O–H groups in total. The van der Waals surface area contributed by atoms with Crippen LogP contribution in [-0.2, 0) is 17.0 Å². The molecule has 1 atom stereocenters. The van der Waals surface area contributed by atoms with Crippen LogP contribution in [0.15, 0.2) is 17.0 Å². The highest BCUT2D eigenvalue weighted by atomic mass is 35.5. The summed E-state index contributed by atoms with van der Waals surface area (Å²) >= 11 is 11.9. The third-order valence-electron chi connectivity index (χ3n) is 3.30. The molecule has 0 aliphatic heterocycles. The van der Waals surface area contributed by atoms with Crippen molar-refractivity contribution in [3.05, 3.63) is 33.4 Å². The molecule has 0 aliphatic carbocycles. The molecule has 2 rings (SSSR count). The fourth-order valence-electron chi connectivity index (χ4n) is 2.15. The van der Waals surface area contributed by atoms with Gasteiger partial charge in [0.15, 0.2) is 5.78 Å². The molecule has 1 aromatic heterocycles. The molecule has 2 aromatic rings. The summed E-state index contributed by atoms with van der Waals surface area (Å²) in [4.78, 5) is 12.0. The van der Waals surface area contributed by atoms with Gasteiger partial charge < -0.3 is 5.73 Å². The van der Waals surface area contributed by atoms with E-state index in [1.807, 2.05) is 0 Å². The van der Waals surface area contributed by atoms with Gasteiger partial charge >= 0.3 is 6.18 Å². The predicted octanol–water partition coefficient (Wildman–Crippen LogP) is 4.11. The van der Waals surface area contributed by atoms with Crippen molar-refractivity contribution in [3.63, 3.8) is 0 Å². The summed E-state index contributed by atoms with van der Waals surface area (Å²) < 4.78 is 51.4. The number of rotatable bonds is 4. The van der Waals surface area contributed by atoms with E-state index in [-0.39, 0.29) is 38.6 Å². The first-order chi connectivity index (χ1) is 11.5. The normalized spacial score (nSPS) is 13.1. The van der Waals surface area contributed by atoms with E-state index in [1.54, 1.807) is 6.92 Å². The highest BCUT2D eigenvalue weighted by molar-refractivity contribution is 7.84. The number of Topliss-reactive ketones (excluding diaryl/α,β-unsaturated/α-hetero) is 1. The van der Waals surface area contributed by atoms with Crippen molar-refractivity contribution in [2.75, 3.05) is 12.0 Å². The Kier molecular flexibility index (Phi) is 5.50. The quantitative estimate of drug-likeness (QED) is 0.764. The molecule has 0 fully saturated rings. The number of ketones is 1. The van der Waals surface area contributed by atoms with Gasteiger partial charge in [-0.1, -0.05) is 30.1 Å². The summed E-state index contributed by atoms with van der Waals surface area (Å²) in [7, 11) is -1.65. The fraction of sp³-hybridized carbons (Fsp3) is 0.286. The standard InChI is InChI=1S/C14H12Cl2F3N3O2S/c1-3-9(23)10-12(25(2)24)13(20)22(21-10)11-7(15)4-6(5-8(11)16)14(17,18)19/h4-5H,3,20H2,1-2H3. The molecule has 0 saturated carbocycles. The van der Waals surface area contributed by atoms with Crippen LogP contribution in [0.5, 0.6) is 0 Å². The third kappa shape index (κ3) is 3.68. The summed E-state index contributed by atoms with van der Waals surface area (Å²) in [6.45, 7) is 1.58. The van der Waals surface area contributed by atoms with Crippen LogP contribution in [0, 0.1) is 0 Å². The molecule has 136 valence electrons. The SMILES string of the molecule is CCC(=O)c1nn(-c2c(Cl)cc(C(F)(F)F)cc2Cl)c(N)c1S(C)=O. The molecule has 0 spiro atoms. The molecule has 0 saturated heterocycles. The average molecular weight is 414 g/mol. The number of aromatic nitrogens is 2. The Morgan fingerprint density at radius 1 is 1.32 bits per heavy atom. The minimum absolute atomic E-state index is 0.0149. The number of halogens is 5. The number of alkyl halides is 3. The zero-order valence-corrected chi connectivity index (χ0v) is 15.3. The van der Waals surface area contributed by atoms with Crippen molar-refractivity contribution in [2.45, 2.75) is 24.4 Å². The second-order valence-corrected chi connectivity index (χ2v) is 7.12. The molecule has 0 radical (unpaired) electrons. The Bertz CT molecular complexity index is 858. The minimum Gasteiger partial charge on any atom is -0.383 e. The molecule has 0 aliphatic rings. The first kappa shape index (κ1) is 19.7. The van der Waals surface area contributed by atoms with Crippen LogP contribution in [0.25, 0.3) is 5.69 Å². The molecule has 0 bridgehead atoms. The van der Waals surface area contributed by atoms with E-state index in [9.17, 15) is 22.2 Å². The van der Waals surface area contributed by atoms with Crippen LogP contribution < -0.4 is 5.73 Å². The first-order valence-electron chi connectivity index (χ1n) is 6.80. The van der Waals surface area contributed by atoms with Crippen molar-refractivity contribution >= 4 is 45.6 Å². The number of hydrogen-bond acceptors (Lipinski definition) is 4. The summed E-state index contributed by atoms with van der Waals surface area (Å²) in [5.74, 6) is -0.601. The second kappa shape index (κ2) is 6.97. The number of anilines is 1. The lowest BCUT2D eigenvalue weighted by Gasteiger charge is -2.13. The lowest BCUT2D eigenvalue weighted by molar-refractivity contribution is -0.137. The Labute approximate surface area is 153 Å². The Morgan fingerprint density at radius 2 is 1.84 bits per heavy atom. The summed E-state index contributed by atoms with van der Waals surface area (Å²) in [5.41, 5.74) is 4.61. The lowest BCUT2D eigenvalue weighted by Crippen LogP contribution is -2.09. The molecule has 0 amide bonds. The fourth-order valence-corrected chi connectivity index (χ4v) is 3.61. The molecule has 11 heteroatoms. The van der Waals surface area contributed by atoms with E-state index in [0.717, 1.165) is 4.68 Å². The van der Waals surface area contributed by atoms with E-state index < -0.39 is 28.3 Å². The zero-order valence-electron chi connectivity index (χ0n) is 12.9. The van der Waals surface area contributed by atoms with Crippen LogP contribution in [-0.4, -0.2) is 26.0 Å². The Hall–Kier alpha value is -1.58. The van der Waals surface area contributed by atoms with Crippen molar-refractivity contribution in [3.8, 4) is 5.69 Å². The average Bonchev–Trinajstić information content (AvgIpc) is 2.82. The van der Waals surface area contributed by atoms with Gasteiger partial charge in [-0.05, 0) is 12.1 Å². The number of nitrogens with two attached hydrogens (primary N) is 1. The van der Waals surface area contributed by atoms with Gasteiger partial charge in [0.25, 0.3) is 0 Å². The van der Waals surface area contributed by atoms with Gasteiger partial charge in [0.05, 0.1) is 26.4 Å². The monoisotopic (exact) mass is 413 g/mol. The maximum Gasteiger partial charge on any atom is 0.416 e. The first-order valence-corrected chi connectivity index (χ1v) is 9.12. The molecule has 5 nitrogen and oxygen atoms in total. The van der Waals surface area contributed by atoms with Crippen molar-refractivity contribution in [2.24, 2.45) is 0 Å². The van der Waals surface area contributed by atoms with Gasteiger partial charge in [0.1, 0.15) is 22.1 Å². The summed E-state index contributed by atoms with van der Waals surface area (Å²) in [6, 6.07) is 1.35. The molecular weight excluding hydrogens is 402 g/mol. The number of carbonyl (C=O) groups is 1. The van der Waals surface area contributed by atoms with Gasteiger partial charge in [-0.3, -0.25) is 9.00 Å². The molecular formula is C14H12Cl2F3N3O2S. The van der Waals surface area contributed by atoms with E-state index >= 15 is 0 Å². The summed E-state index contributed by atoms with van der Waals surface area (Å²) in [5, 5.41) is 3.26. The zero-order chi connectivity index (χ0) is 19.1. The van der Waals surface area contributed by atoms with Gasteiger partial charge in [-0.15, -0.1) is 0 Å². The number of carbonyl (C=O) groups excluding carboxylic acids is 1. The van der Waals surface area contributed by atoms with E-state index in [1.165, 1.54) is 6.26 Å². The molecule has 1 unspecified atom stereocenters. The maximum absolute atomic E-state index is 12.8. The predicted molar refractivity (Wildman–Crippen MR) is 90.0 cm³/mol. The minimum atomic E-state index is -4.64.